The fourth-order valence-electron chi connectivity index (χ4n) is 1.74. The molecule has 0 saturated carbocycles. The third kappa shape index (κ3) is 4.71. The molecule has 0 fully saturated rings. The molecule has 0 saturated heterocycles. The Labute approximate surface area is 123 Å². The average molecular weight is 297 g/mol. The summed E-state index contributed by atoms with van der Waals surface area (Å²) in [5.74, 6) is -1.38. The number of rotatable bonds is 7. The van der Waals surface area contributed by atoms with Crippen molar-refractivity contribution in [3.63, 3.8) is 0 Å². The number of amides is 2. The summed E-state index contributed by atoms with van der Waals surface area (Å²) < 4.78 is 18.4. The Morgan fingerprint density at radius 3 is 2.71 bits per heavy atom. The summed E-state index contributed by atoms with van der Waals surface area (Å²) in [5.41, 5.74) is 0.246. The molecular formula is C14H20FN3O3. The zero-order valence-corrected chi connectivity index (χ0v) is 12.3. The predicted molar refractivity (Wildman–Crippen MR) is 77.8 cm³/mol. The molecule has 1 unspecified atom stereocenters. The van der Waals surface area contributed by atoms with Gasteiger partial charge in [-0.2, -0.15) is 0 Å². The minimum Gasteiger partial charge on any atom is -0.385 e. The number of hydrogen-bond acceptors (Lipinski definition) is 4. The number of methoxy groups -OCH3 is 1. The van der Waals surface area contributed by atoms with Gasteiger partial charge in [0.15, 0.2) is 0 Å². The Kier molecular flexibility index (Phi) is 6.61. The highest BCUT2D eigenvalue weighted by Crippen LogP contribution is 2.19. The van der Waals surface area contributed by atoms with Crippen molar-refractivity contribution in [2.45, 2.75) is 13.0 Å². The molecule has 0 aromatic heterocycles. The Bertz CT molecular complexity index is 508. The van der Waals surface area contributed by atoms with Crippen LogP contribution in [-0.2, 0) is 9.53 Å². The van der Waals surface area contributed by atoms with Crippen LogP contribution in [0.4, 0.5) is 10.1 Å². The van der Waals surface area contributed by atoms with E-state index in [9.17, 15) is 14.0 Å². The summed E-state index contributed by atoms with van der Waals surface area (Å²) in [6, 6.07) is 3.44. The largest absolute Gasteiger partial charge is 0.385 e. The van der Waals surface area contributed by atoms with Crippen LogP contribution in [0.15, 0.2) is 18.2 Å². The maximum absolute atomic E-state index is 13.6. The minimum atomic E-state index is -0.734. The highest BCUT2D eigenvalue weighted by atomic mass is 19.1. The van der Waals surface area contributed by atoms with E-state index >= 15 is 0 Å². The normalized spacial score (nSPS) is 11.6. The summed E-state index contributed by atoms with van der Waals surface area (Å²) in [5, 5.41) is 7.77. The number of anilines is 1. The van der Waals surface area contributed by atoms with Crippen LogP contribution in [0.3, 0.4) is 0 Å². The van der Waals surface area contributed by atoms with E-state index in [0.717, 1.165) is 0 Å². The van der Waals surface area contributed by atoms with E-state index in [-0.39, 0.29) is 17.2 Å². The van der Waals surface area contributed by atoms with Crippen molar-refractivity contribution in [2.75, 3.05) is 32.6 Å². The smallest absolute Gasteiger partial charge is 0.254 e. The molecule has 0 bridgehead atoms. The summed E-state index contributed by atoms with van der Waals surface area (Å²) in [4.78, 5) is 23.8. The quantitative estimate of drug-likeness (QED) is 0.649. The van der Waals surface area contributed by atoms with E-state index in [4.69, 9.17) is 4.74 Å². The van der Waals surface area contributed by atoms with Gasteiger partial charge in [0.25, 0.3) is 5.91 Å². The Morgan fingerprint density at radius 1 is 1.38 bits per heavy atom. The van der Waals surface area contributed by atoms with Crippen LogP contribution in [0.5, 0.6) is 0 Å². The van der Waals surface area contributed by atoms with Gasteiger partial charge < -0.3 is 20.7 Å². The van der Waals surface area contributed by atoms with Crippen LogP contribution in [-0.4, -0.2) is 45.2 Å². The fourth-order valence-corrected chi connectivity index (χ4v) is 1.74. The molecule has 0 aliphatic carbocycles. The van der Waals surface area contributed by atoms with Crippen LogP contribution >= 0.6 is 0 Å². The molecule has 0 aliphatic rings. The first-order chi connectivity index (χ1) is 10.0. The van der Waals surface area contributed by atoms with Crippen molar-refractivity contribution in [3.8, 4) is 0 Å². The first kappa shape index (κ1) is 16.9. The van der Waals surface area contributed by atoms with Crippen molar-refractivity contribution in [3.05, 3.63) is 29.6 Å². The van der Waals surface area contributed by atoms with Crippen LogP contribution in [0.25, 0.3) is 0 Å². The van der Waals surface area contributed by atoms with Gasteiger partial charge in [-0.3, -0.25) is 9.59 Å². The van der Waals surface area contributed by atoms with Gasteiger partial charge in [-0.15, -0.1) is 0 Å². The topological polar surface area (TPSA) is 79.5 Å². The second-order valence-electron chi connectivity index (χ2n) is 4.39. The zero-order valence-electron chi connectivity index (χ0n) is 12.3. The number of halogens is 1. The van der Waals surface area contributed by atoms with Crippen molar-refractivity contribution in [2.24, 2.45) is 0 Å². The summed E-state index contributed by atoms with van der Waals surface area (Å²) in [6.07, 6.45) is 0. The fraction of sp³-hybridized carbons (Fsp3) is 0.429. The van der Waals surface area contributed by atoms with Crippen molar-refractivity contribution in [1.29, 1.82) is 0 Å². The lowest BCUT2D eigenvalue weighted by atomic mass is 10.1. The van der Waals surface area contributed by atoms with Crippen molar-refractivity contribution in [1.82, 2.24) is 10.6 Å². The van der Waals surface area contributed by atoms with Gasteiger partial charge in [-0.25, -0.2) is 4.39 Å². The third-order valence-corrected chi connectivity index (χ3v) is 2.85. The second-order valence-corrected chi connectivity index (χ2v) is 4.39. The van der Waals surface area contributed by atoms with Gasteiger partial charge in [0.2, 0.25) is 5.91 Å². The van der Waals surface area contributed by atoms with E-state index in [2.05, 4.69) is 16.0 Å². The van der Waals surface area contributed by atoms with Gasteiger partial charge >= 0.3 is 0 Å². The van der Waals surface area contributed by atoms with Crippen LogP contribution in [0.2, 0.25) is 0 Å². The predicted octanol–water partition coefficient (Wildman–Crippen LogP) is 0.748. The van der Waals surface area contributed by atoms with Crippen molar-refractivity contribution >= 4 is 17.5 Å². The number of ether oxygens (including phenoxy) is 1. The highest BCUT2D eigenvalue weighted by Gasteiger charge is 2.19. The molecule has 1 aromatic carbocycles. The Hall–Kier alpha value is -2.15. The molecule has 6 nitrogen and oxygen atoms in total. The molecule has 1 aromatic rings. The molecule has 116 valence electrons. The van der Waals surface area contributed by atoms with Crippen LogP contribution < -0.4 is 16.0 Å². The first-order valence-electron chi connectivity index (χ1n) is 6.55. The Balaban J connectivity index is 2.68. The molecule has 0 heterocycles. The van der Waals surface area contributed by atoms with E-state index in [1.54, 1.807) is 6.92 Å². The van der Waals surface area contributed by atoms with Gasteiger partial charge in [-0.1, -0.05) is 6.07 Å². The minimum absolute atomic E-state index is 0.0991. The number of carbonyl (C=O) groups excluding carboxylic acids is 2. The van der Waals surface area contributed by atoms with Crippen molar-refractivity contribution < 1.29 is 18.7 Å². The lowest BCUT2D eigenvalue weighted by molar-refractivity contribution is -0.122. The first-order valence-corrected chi connectivity index (χ1v) is 6.55. The number of hydrogen-bond donors (Lipinski definition) is 3. The monoisotopic (exact) mass is 297 g/mol. The molecule has 0 spiro atoms. The molecule has 1 rings (SSSR count). The molecular weight excluding hydrogens is 277 g/mol. The van der Waals surface area contributed by atoms with Crippen LogP contribution in [0.1, 0.15) is 17.3 Å². The number of carbonyl (C=O) groups is 2. The number of nitrogens with one attached hydrogen (secondary N) is 3. The van der Waals surface area contributed by atoms with E-state index in [0.29, 0.717) is 13.2 Å². The molecule has 0 aliphatic heterocycles. The SMILES string of the molecule is CNc1c(F)cccc1C(=O)NC(C)C(=O)NCCOC. The lowest BCUT2D eigenvalue weighted by Gasteiger charge is -2.15. The Morgan fingerprint density at radius 2 is 2.10 bits per heavy atom. The van der Waals surface area contributed by atoms with Gasteiger partial charge in [0, 0.05) is 20.7 Å². The van der Waals surface area contributed by atoms with Crippen LogP contribution in [0, 0.1) is 5.82 Å². The standard InChI is InChI=1S/C14H20FN3O3/c1-9(13(19)17-7-8-21-3)18-14(20)10-5-4-6-11(15)12(10)16-2/h4-6,9,16H,7-8H2,1-3H3,(H,17,19)(H,18,20). The summed E-state index contributed by atoms with van der Waals surface area (Å²) in [7, 11) is 3.05. The number of benzene rings is 1. The second kappa shape index (κ2) is 8.21. The maximum Gasteiger partial charge on any atom is 0.254 e. The zero-order chi connectivity index (χ0) is 15.8. The molecule has 21 heavy (non-hydrogen) atoms. The van der Waals surface area contributed by atoms with Gasteiger partial charge in [-0.05, 0) is 19.1 Å². The average Bonchev–Trinajstić information content (AvgIpc) is 2.46. The molecule has 7 heteroatoms. The van der Waals surface area contributed by atoms with E-state index < -0.39 is 17.8 Å². The van der Waals surface area contributed by atoms with E-state index in [1.807, 2.05) is 0 Å². The van der Waals surface area contributed by atoms with Gasteiger partial charge in [0.1, 0.15) is 11.9 Å². The maximum atomic E-state index is 13.6. The molecule has 0 radical (unpaired) electrons. The molecule has 1 atom stereocenters. The van der Waals surface area contributed by atoms with E-state index in [1.165, 1.54) is 32.4 Å². The summed E-state index contributed by atoms with van der Waals surface area (Å²) in [6.45, 7) is 2.30. The summed E-state index contributed by atoms with van der Waals surface area (Å²) >= 11 is 0. The lowest BCUT2D eigenvalue weighted by Crippen LogP contribution is -2.45. The number of para-hydroxylation sites is 1. The molecule has 3 N–H and O–H groups in total. The highest BCUT2D eigenvalue weighted by molar-refractivity contribution is 6.01. The van der Waals surface area contributed by atoms with Gasteiger partial charge in [0.05, 0.1) is 17.9 Å². The third-order valence-electron chi connectivity index (χ3n) is 2.85. The molecule has 2 amide bonds.